The third kappa shape index (κ3) is 3.46. The molecule has 0 bridgehead atoms. The molecule has 1 rings (SSSR count). The van der Waals surface area contributed by atoms with E-state index in [1.54, 1.807) is 0 Å². The van der Waals surface area contributed by atoms with Gasteiger partial charge >= 0.3 is 0 Å². The molecule has 1 nitrogen and oxygen atoms in total. The van der Waals surface area contributed by atoms with Crippen LogP contribution in [0.1, 0.15) is 33.4 Å². The van der Waals surface area contributed by atoms with E-state index in [0.29, 0.717) is 0 Å². The Kier molecular flexibility index (Phi) is 5.24. The fraction of sp³-hybridized carbons (Fsp3) is 0.600. The van der Waals surface area contributed by atoms with E-state index in [4.69, 9.17) is 0 Å². The minimum atomic E-state index is 0. The van der Waals surface area contributed by atoms with E-state index >= 15 is 0 Å². The normalized spacial score (nSPS) is 11.3. The molecule has 0 fully saturated rings. The van der Waals surface area contributed by atoms with Crippen LogP contribution in [-0.4, -0.2) is 25.6 Å². The van der Waals surface area contributed by atoms with E-state index in [1.165, 1.54) is 33.4 Å². The van der Waals surface area contributed by atoms with Gasteiger partial charge in [-0.15, -0.1) is 0 Å². The molecule has 0 amide bonds. The lowest BCUT2D eigenvalue weighted by atomic mass is 9.89. The van der Waals surface area contributed by atoms with Gasteiger partial charge in [0.05, 0.1) is 21.1 Å². The lowest BCUT2D eigenvalue weighted by Crippen LogP contribution is -3.00. The predicted octanol–water partition coefficient (Wildman–Crippen LogP) is 0.439. The third-order valence-corrected chi connectivity index (χ3v) is 3.79. The summed E-state index contributed by atoms with van der Waals surface area (Å²) in [5.74, 6) is 0. The molecule has 0 saturated carbocycles. The van der Waals surface area contributed by atoms with E-state index in [1.807, 2.05) is 0 Å². The Labute approximate surface area is 113 Å². The Morgan fingerprint density at radius 1 is 0.647 bits per heavy atom. The van der Waals surface area contributed by atoms with Gasteiger partial charge in [0, 0.05) is 5.56 Å². The summed E-state index contributed by atoms with van der Waals surface area (Å²) in [6, 6.07) is 0. The fourth-order valence-corrected chi connectivity index (χ4v) is 2.29. The van der Waals surface area contributed by atoms with Crippen LogP contribution in [0.25, 0.3) is 0 Å². The van der Waals surface area contributed by atoms with Gasteiger partial charge in [-0.3, -0.25) is 0 Å². The molecule has 0 aliphatic heterocycles. The Bertz CT molecular complexity index is 385. The molecule has 0 aliphatic rings. The quantitative estimate of drug-likeness (QED) is 0.673. The van der Waals surface area contributed by atoms with Crippen molar-refractivity contribution in [2.45, 2.75) is 41.2 Å². The molecule has 0 unspecified atom stereocenters. The fourth-order valence-electron chi connectivity index (χ4n) is 2.29. The van der Waals surface area contributed by atoms with Gasteiger partial charge in [0.15, 0.2) is 0 Å². The molecule has 2 heteroatoms. The van der Waals surface area contributed by atoms with E-state index in [-0.39, 0.29) is 12.4 Å². The predicted molar refractivity (Wildman–Crippen MR) is 71.9 cm³/mol. The van der Waals surface area contributed by atoms with Gasteiger partial charge in [0.2, 0.25) is 0 Å². The van der Waals surface area contributed by atoms with Gasteiger partial charge in [-0.05, 0) is 62.4 Å². The average Bonchev–Trinajstić information content (AvgIpc) is 2.17. The second kappa shape index (κ2) is 5.41. The first-order valence-electron chi connectivity index (χ1n) is 6.01. The number of halogens is 1. The van der Waals surface area contributed by atoms with Crippen LogP contribution in [0.2, 0.25) is 0 Å². The molecule has 1 aromatic rings. The lowest BCUT2D eigenvalue weighted by Gasteiger charge is -2.27. The Balaban J connectivity index is 0.00000256. The van der Waals surface area contributed by atoms with Crippen molar-refractivity contribution in [2.24, 2.45) is 0 Å². The first kappa shape index (κ1) is 16.5. The molecule has 1 aromatic carbocycles. The molecular weight excluding hydrogens is 230 g/mol. The maximum Gasteiger partial charge on any atom is 0.104 e. The van der Waals surface area contributed by atoms with Crippen molar-refractivity contribution in [3.63, 3.8) is 0 Å². The highest BCUT2D eigenvalue weighted by Gasteiger charge is 2.17. The molecule has 0 spiro atoms. The summed E-state index contributed by atoms with van der Waals surface area (Å²) in [4.78, 5) is 0. The van der Waals surface area contributed by atoms with Crippen molar-refractivity contribution in [1.29, 1.82) is 0 Å². The molecule has 0 heterocycles. The van der Waals surface area contributed by atoms with E-state index in [2.05, 4.69) is 55.8 Å². The first-order valence-corrected chi connectivity index (χ1v) is 6.01. The van der Waals surface area contributed by atoms with Gasteiger partial charge in [-0.25, -0.2) is 0 Å². The number of rotatable bonds is 2. The number of benzene rings is 1. The molecule has 98 valence electrons. The van der Waals surface area contributed by atoms with Gasteiger partial charge in [-0.1, -0.05) is 0 Å². The van der Waals surface area contributed by atoms with Crippen LogP contribution in [0.4, 0.5) is 0 Å². The van der Waals surface area contributed by atoms with Crippen molar-refractivity contribution >= 4 is 0 Å². The zero-order chi connectivity index (χ0) is 12.7. The molecule has 0 aliphatic carbocycles. The van der Waals surface area contributed by atoms with Gasteiger partial charge in [0.25, 0.3) is 0 Å². The van der Waals surface area contributed by atoms with E-state index < -0.39 is 0 Å². The zero-order valence-electron chi connectivity index (χ0n) is 12.5. The minimum Gasteiger partial charge on any atom is -1.00 e. The highest BCUT2D eigenvalue weighted by atomic mass is 35.5. The molecule has 0 N–H and O–H groups in total. The van der Waals surface area contributed by atoms with Crippen molar-refractivity contribution in [3.8, 4) is 0 Å². The molecule has 0 atom stereocenters. The summed E-state index contributed by atoms with van der Waals surface area (Å²) in [6.07, 6.45) is 0. The van der Waals surface area contributed by atoms with Crippen LogP contribution < -0.4 is 12.4 Å². The van der Waals surface area contributed by atoms with Crippen molar-refractivity contribution in [3.05, 3.63) is 33.4 Å². The van der Waals surface area contributed by atoms with E-state index in [9.17, 15) is 0 Å². The molecule has 0 saturated heterocycles. The van der Waals surface area contributed by atoms with Crippen LogP contribution >= 0.6 is 0 Å². The largest absolute Gasteiger partial charge is 1.00 e. The van der Waals surface area contributed by atoms with Crippen LogP contribution in [0.3, 0.4) is 0 Å². The standard InChI is InChI=1S/C15H26N.ClH/c1-10-11(2)13(4)15(9-16(6,7)8)14(5)12(10)3;/h9H2,1-8H3;1H/q+1;/p-1. The van der Waals surface area contributed by atoms with Crippen LogP contribution in [0.15, 0.2) is 0 Å². The summed E-state index contributed by atoms with van der Waals surface area (Å²) in [5.41, 5.74) is 8.88. The first-order chi connectivity index (χ1) is 7.15. The maximum absolute atomic E-state index is 2.26. The molecule has 17 heavy (non-hydrogen) atoms. The van der Waals surface area contributed by atoms with Crippen LogP contribution in [0.5, 0.6) is 0 Å². The Morgan fingerprint density at radius 2 is 0.941 bits per heavy atom. The third-order valence-electron chi connectivity index (χ3n) is 3.79. The number of nitrogens with zero attached hydrogens (tertiary/aromatic N) is 1. The SMILES string of the molecule is Cc1c(C)c(C)c(C[N+](C)(C)C)c(C)c1C.[Cl-]. The second-order valence-corrected chi connectivity index (χ2v) is 6.05. The Morgan fingerprint density at radius 3 is 1.24 bits per heavy atom. The van der Waals surface area contributed by atoms with Crippen molar-refractivity contribution < 1.29 is 16.9 Å². The lowest BCUT2D eigenvalue weighted by molar-refractivity contribution is -0.884. The maximum atomic E-state index is 2.26. The topological polar surface area (TPSA) is 0 Å². The summed E-state index contributed by atoms with van der Waals surface area (Å²) < 4.78 is 0.990. The highest BCUT2D eigenvalue weighted by molar-refractivity contribution is 5.49. The molecular formula is C15H26ClN. The smallest absolute Gasteiger partial charge is 0.104 e. The second-order valence-electron chi connectivity index (χ2n) is 6.05. The van der Waals surface area contributed by atoms with Crippen LogP contribution in [0, 0.1) is 34.6 Å². The zero-order valence-corrected chi connectivity index (χ0v) is 13.3. The number of hydrogen-bond acceptors (Lipinski definition) is 0. The van der Waals surface area contributed by atoms with Crippen molar-refractivity contribution in [1.82, 2.24) is 0 Å². The minimum absolute atomic E-state index is 0. The average molecular weight is 256 g/mol. The highest BCUT2D eigenvalue weighted by Crippen LogP contribution is 2.27. The number of hydrogen-bond donors (Lipinski definition) is 0. The van der Waals surface area contributed by atoms with Gasteiger partial charge in [-0.2, -0.15) is 0 Å². The Hall–Kier alpha value is -0.530. The van der Waals surface area contributed by atoms with Crippen molar-refractivity contribution in [2.75, 3.05) is 21.1 Å². The summed E-state index contributed by atoms with van der Waals surface area (Å²) in [7, 11) is 6.76. The number of quaternary nitrogens is 1. The van der Waals surface area contributed by atoms with E-state index in [0.717, 1.165) is 11.0 Å². The summed E-state index contributed by atoms with van der Waals surface area (Å²) >= 11 is 0. The molecule has 0 radical (unpaired) electrons. The molecule has 0 aromatic heterocycles. The monoisotopic (exact) mass is 255 g/mol. The van der Waals surface area contributed by atoms with Crippen LogP contribution in [-0.2, 0) is 6.54 Å². The summed E-state index contributed by atoms with van der Waals surface area (Å²) in [6.45, 7) is 12.4. The van der Waals surface area contributed by atoms with Gasteiger partial charge < -0.3 is 16.9 Å². The summed E-state index contributed by atoms with van der Waals surface area (Å²) in [5, 5.41) is 0. The van der Waals surface area contributed by atoms with Gasteiger partial charge in [0.1, 0.15) is 6.54 Å².